The number of hydrogen-bond acceptors (Lipinski definition) is 10. The highest BCUT2D eigenvalue weighted by Crippen LogP contribution is 2.90. The fourth-order valence-corrected chi connectivity index (χ4v) is 14.8. The Morgan fingerprint density at radius 3 is 2.47 bits per heavy atom. The first kappa shape index (κ1) is 35.3. The van der Waals surface area contributed by atoms with Crippen molar-refractivity contribution in [2.75, 3.05) is 32.9 Å². The fraction of sp³-hybridized carbons (Fsp3) is 0.902. The van der Waals surface area contributed by atoms with E-state index in [2.05, 4.69) is 49.5 Å². The molecule has 4 heterocycles. The van der Waals surface area contributed by atoms with E-state index in [4.69, 9.17) is 23.7 Å². The number of aliphatic hydroxyl groups is 2. The van der Waals surface area contributed by atoms with Crippen molar-refractivity contribution in [3.05, 3.63) is 18.5 Å². The fourth-order valence-electron chi connectivity index (χ4n) is 14.8. The van der Waals surface area contributed by atoms with Crippen molar-refractivity contribution in [2.45, 2.75) is 142 Å². The van der Waals surface area contributed by atoms with E-state index < -0.39 is 17.8 Å². The number of ether oxygens (including phenoxy) is 5. The highest BCUT2D eigenvalue weighted by atomic mass is 16.7. The van der Waals surface area contributed by atoms with Crippen LogP contribution < -0.4 is 4.74 Å². The van der Waals surface area contributed by atoms with Crippen molar-refractivity contribution < 1.29 is 33.9 Å². The molecule has 5 aliphatic carbocycles. The van der Waals surface area contributed by atoms with E-state index in [1.165, 1.54) is 25.7 Å². The third-order valence-corrected chi connectivity index (χ3v) is 16.9. The highest BCUT2D eigenvalue weighted by Gasteiger charge is 2.86. The Labute approximate surface area is 304 Å². The van der Waals surface area contributed by atoms with Crippen LogP contribution in [0.5, 0.6) is 6.01 Å². The van der Waals surface area contributed by atoms with Crippen LogP contribution in [0.4, 0.5) is 0 Å². The molecule has 51 heavy (non-hydrogen) atoms. The van der Waals surface area contributed by atoms with Crippen molar-refractivity contribution in [1.29, 1.82) is 0 Å². The second-order valence-corrected chi connectivity index (χ2v) is 19.6. The molecule has 10 heteroatoms. The molecule has 10 nitrogen and oxygen atoms in total. The second kappa shape index (κ2) is 12.0. The van der Waals surface area contributed by atoms with Crippen molar-refractivity contribution in [1.82, 2.24) is 14.9 Å². The average Bonchev–Trinajstić information content (AvgIpc) is 3.48. The largest absolute Gasteiger partial charge is 0.457 e. The Hall–Kier alpha value is -1.40. The number of aliphatic hydroxyl groups excluding tert-OH is 1. The van der Waals surface area contributed by atoms with Gasteiger partial charge in [-0.3, -0.25) is 4.90 Å². The van der Waals surface area contributed by atoms with E-state index in [0.29, 0.717) is 53.0 Å². The van der Waals surface area contributed by atoms with Gasteiger partial charge in [0.25, 0.3) is 0 Å². The van der Waals surface area contributed by atoms with E-state index in [0.717, 1.165) is 52.2 Å². The van der Waals surface area contributed by atoms with Crippen molar-refractivity contribution in [3.8, 4) is 6.01 Å². The first-order chi connectivity index (χ1) is 24.2. The summed E-state index contributed by atoms with van der Waals surface area (Å²) in [6.07, 6.45) is 9.49. The zero-order valence-corrected chi connectivity index (χ0v) is 32.0. The Balaban J connectivity index is 1.01. The van der Waals surface area contributed by atoms with E-state index in [9.17, 15) is 10.2 Å². The number of rotatable bonds is 7. The molecule has 5 saturated carbocycles. The van der Waals surface area contributed by atoms with E-state index >= 15 is 0 Å². The molecule has 0 amide bonds. The number of fused-ring (bicyclic) bond motifs is 4. The quantitative estimate of drug-likeness (QED) is 0.396. The SMILES string of the molecule is CC1[C@]23CC[C@H](OC4CN(C5COC5)CCO4)C(C)(C)C2CC[C@H]2C4[C@@H](Oc5ncccn5)[C@H]5O[C@@H]([C@H](O)C(C)(C)O)C[C@@H](C)C5[C@@]4(C)CC[C@]123. The van der Waals surface area contributed by atoms with Gasteiger partial charge >= 0.3 is 6.01 Å². The maximum Gasteiger partial charge on any atom is 0.316 e. The molecule has 0 radical (unpaired) electrons. The molecule has 15 atom stereocenters. The minimum atomic E-state index is -1.26. The van der Waals surface area contributed by atoms with E-state index in [1.807, 2.05) is 6.07 Å². The van der Waals surface area contributed by atoms with Crippen LogP contribution in [0.25, 0.3) is 0 Å². The van der Waals surface area contributed by atoms with Gasteiger partial charge in [-0.15, -0.1) is 0 Å². The average molecular weight is 710 g/mol. The summed E-state index contributed by atoms with van der Waals surface area (Å²) >= 11 is 0. The molecule has 8 aliphatic rings. The summed E-state index contributed by atoms with van der Waals surface area (Å²) < 4.78 is 32.7. The zero-order valence-electron chi connectivity index (χ0n) is 32.0. The Kier molecular flexibility index (Phi) is 8.34. The summed E-state index contributed by atoms with van der Waals surface area (Å²) in [5, 5.41) is 22.2. The number of morpholine rings is 1. The minimum absolute atomic E-state index is 0.0337. The Morgan fingerprint density at radius 2 is 1.76 bits per heavy atom. The van der Waals surface area contributed by atoms with Gasteiger partial charge in [0.05, 0.1) is 56.3 Å². The van der Waals surface area contributed by atoms with Crippen LogP contribution in [-0.2, 0) is 18.9 Å². The topological polar surface area (TPSA) is 116 Å². The molecule has 1 aromatic rings. The van der Waals surface area contributed by atoms with Gasteiger partial charge < -0.3 is 33.9 Å². The summed E-state index contributed by atoms with van der Waals surface area (Å²) in [4.78, 5) is 11.6. The summed E-state index contributed by atoms with van der Waals surface area (Å²) in [6.45, 7) is 20.0. The lowest BCUT2D eigenvalue weighted by molar-refractivity contribution is -0.254. The van der Waals surface area contributed by atoms with Gasteiger partial charge in [-0.25, -0.2) is 9.97 Å². The molecule has 3 aliphatic heterocycles. The van der Waals surface area contributed by atoms with Gasteiger partial charge in [0.2, 0.25) is 0 Å². The van der Waals surface area contributed by atoms with Crippen molar-refractivity contribution >= 4 is 0 Å². The molecular weight excluding hydrogens is 646 g/mol. The van der Waals surface area contributed by atoms with Gasteiger partial charge in [0, 0.05) is 24.9 Å². The van der Waals surface area contributed by atoms with Crippen molar-refractivity contribution in [2.24, 2.45) is 57.2 Å². The summed E-state index contributed by atoms with van der Waals surface area (Å²) in [6, 6.07) is 2.75. The normalized spacial score (nSPS) is 49.7. The predicted molar refractivity (Wildman–Crippen MR) is 190 cm³/mol. The molecule has 0 aromatic carbocycles. The van der Waals surface area contributed by atoms with Crippen LogP contribution in [0.15, 0.2) is 18.5 Å². The lowest BCUT2D eigenvalue weighted by atomic mass is 9.45. The molecule has 284 valence electrons. The molecule has 2 spiro atoms. The Morgan fingerprint density at radius 1 is 1.00 bits per heavy atom. The van der Waals surface area contributed by atoms with Gasteiger partial charge in [-0.2, -0.15) is 0 Å². The second-order valence-electron chi connectivity index (χ2n) is 19.6. The number of aromatic nitrogens is 2. The van der Waals surface area contributed by atoms with Gasteiger partial charge in [-0.1, -0.05) is 34.6 Å². The van der Waals surface area contributed by atoms with Crippen LogP contribution in [-0.4, -0.2) is 106 Å². The standard InChI is InChI=1S/C41H63N3O7/c1-23-19-27(35(45)38(5,6)46)49-33-31(23)39(7)13-14-40-24(2)41(40)12-11-29(50-30-20-44(17-18-48-30)25-21-47-22-25)37(3,4)28(41)10-9-26(40)32(39)34(33)51-36-42-15-8-16-43-36/h8,15-16,23-35,45-46H,9-14,17-22H2,1-7H3/t23-,24?,26+,27-,28?,29+,30?,31?,32?,33+,34-,35+,39-,40+,41-/m1/s1. The lowest BCUT2D eigenvalue weighted by Crippen LogP contribution is -2.58. The van der Waals surface area contributed by atoms with Gasteiger partial charge in [-0.05, 0) is 116 Å². The highest BCUT2D eigenvalue weighted by molar-refractivity contribution is 5.33. The van der Waals surface area contributed by atoms with Gasteiger partial charge in [0.15, 0.2) is 6.29 Å². The molecule has 2 N–H and O–H groups in total. The first-order valence-corrected chi connectivity index (χ1v) is 20.3. The van der Waals surface area contributed by atoms with Crippen LogP contribution in [0, 0.1) is 57.2 Å². The number of nitrogens with zero attached hydrogens (tertiary/aromatic N) is 3. The molecule has 0 bridgehead atoms. The molecule has 5 unspecified atom stereocenters. The van der Waals surface area contributed by atoms with Gasteiger partial charge in [0.1, 0.15) is 12.2 Å². The third-order valence-electron chi connectivity index (χ3n) is 16.9. The van der Waals surface area contributed by atoms with Crippen LogP contribution >= 0.6 is 0 Å². The lowest BCUT2D eigenvalue weighted by Gasteiger charge is -2.60. The van der Waals surface area contributed by atoms with Crippen LogP contribution in [0.2, 0.25) is 0 Å². The predicted octanol–water partition coefficient (Wildman–Crippen LogP) is 5.11. The third kappa shape index (κ3) is 4.98. The van der Waals surface area contributed by atoms with E-state index in [1.54, 1.807) is 26.2 Å². The van der Waals surface area contributed by atoms with Crippen LogP contribution in [0.1, 0.15) is 93.4 Å². The molecule has 1 aromatic heterocycles. The molecular formula is C41H63N3O7. The maximum atomic E-state index is 11.3. The van der Waals surface area contributed by atoms with Crippen LogP contribution in [0.3, 0.4) is 0 Å². The molecule has 9 rings (SSSR count). The molecule has 8 fully saturated rings. The summed E-state index contributed by atoms with van der Waals surface area (Å²) in [5.74, 6) is 2.67. The van der Waals surface area contributed by atoms with E-state index in [-0.39, 0.29) is 40.8 Å². The Bertz CT molecular complexity index is 1450. The van der Waals surface area contributed by atoms with Crippen molar-refractivity contribution in [3.63, 3.8) is 0 Å². The maximum absolute atomic E-state index is 11.3. The number of hydrogen-bond donors (Lipinski definition) is 2. The smallest absolute Gasteiger partial charge is 0.316 e. The summed E-state index contributed by atoms with van der Waals surface area (Å²) in [7, 11) is 0. The minimum Gasteiger partial charge on any atom is -0.457 e. The first-order valence-electron chi connectivity index (χ1n) is 20.3. The zero-order chi connectivity index (χ0) is 35.7. The summed E-state index contributed by atoms with van der Waals surface area (Å²) in [5.41, 5.74) is -0.606. The molecule has 3 saturated heterocycles. The monoisotopic (exact) mass is 709 g/mol.